The van der Waals surface area contributed by atoms with Gasteiger partial charge in [0.05, 0.1) is 0 Å². The highest BCUT2D eigenvalue weighted by atomic mass is 16.3. The summed E-state index contributed by atoms with van der Waals surface area (Å²) in [5, 5.41) is 7.05. The Morgan fingerprint density at radius 3 is 1.34 bits per heavy atom. The van der Waals surface area contributed by atoms with Crippen LogP contribution >= 0.6 is 0 Å². The Morgan fingerprint density at radius 2 is 0.804 bits per heavy atom. The van der Waals surface area contributed by atoms with Gasteiger partial charge in [-0.25, -0.2) is 0 Å². The van der Waals surface area contributed by atoms with Gasteiger partial charge in [-0.3, -0.25) is 0 Å². The van der Waals surface area contributed by atoms with E-state index in [1.54, 1.807) is 0 Å². The van der Waals surface area contributed by atoms with Gasteiger partial charge in [0, 0.05) is 61.3 Å². The number of nitrogens with zero attached hydrogens (tertiary/aromatic N) is 2. The normalized spacial score (nSPS) is 13.0. The van der Waals surface area contributed by atoms with Gasteiger partial charge in [-0.05, 0) is 118 Å². The molecule has 11 rings (SSSR count). The Morgan fingerprint density at radius 1 is 0.375 bits per heavy atom. The molecule has 0 amide bonds. The molecule has 0 fully saturated rings. The first kappa shape index (κ1) is 32.3. The highest BCUT2D eigenvalue weighted by molar-refractivity contribution is 6.19. The Bertz CT molecular complexity index is 3020. The summed E-state index contributed by atoms with van der Waals surface area (Å²) in [4.78, 5) is 4.64. The maximum absolute atomic E-state index is 7.07. The average Bonchev–Trinajstić information content (AvgIpc) is 3.75. The summed E-state index contributed by atoms with van der Waals surface area (Å²) in [6.07, 6.45) is 0. The minimum atomic E-state index is -0.216. The Kier molecular flexibility index (Phi) is 7.20. The number of anilines is 6. The lowest BCUT2D eigenvalue weighted by atomic mass is 9.80. The number of fused-ring (bicyclic) bond motifs is 11. The van der Waals surface area contributed by atoms with Gasteiger partial charge in [-0.15, -0.1) is 0 Å². The first-order valence-electron chi connectivity index (χ1n) is 19.4. The highest BCUT2D eigenvalue weighted by Crippen LogP contribution is 2.55. The molecule has 266 valence electrons. The van der Waals surface area contributed by atoms with Crippen molar-refractivity contribution < 1.29 is 4.42 Å². The van der Waals surface area contributed by atoms with E-state index in [0.29, 0.717) is 0 Å². The minimum absolute atomic E-state index is 0.216. The van der Waals surface area contributed by atoms with E-state index >= 15 is 0 Å². The van der Waals surface area contributed by atoms with Crippen molar-refractivity contribution in [2.45, 2.75) is 19.3 Å². The zero-order chi connectivity index (χ0) is 37.4. The monoisotopic (exact) mass is 718 g/mol. The fourth-order valence-electron chi connectivity index (χ4n) is 9.22. The first-order chi connectivity index (χ1) is 27.5. The molecule has 0 atom stereocenters. The second kappa shape index (κ2) is 12.5. The standard InChI is InChI=1S/C53H38N2O/c1-53(2)48-32-31-46-45-27-23-36-34-42(55(39-19-11-5-12-20-39)40-21-13-6-14-22-40)26-30-44(36)51(45)56-52(46)49(48)47-28-24-35-33-41(25-29-43(35)50(47)53)54(37-15-7-3-8-16-37)38-17-9-4-10-18-38/h3-34H,1-2H3. The third-order valence-electron chi connectivity index (χ3n) is 11.8. The van der Waals surface area contributed by atoms with E-state index in [2.05, 4.69) is 218 Å². The van der Waals surface area contributed by atoms with E-state index in [1.165, 1.54) is 33.0 Å². The topological polar surface area (TPSA) is 19.6 Å². The summed E-state index contributed by atoms with van der Waals surface area (Å²) in [7, 11) is 0. The summed E-state index contributed by atoms with van der Waals surface area (Å²) in [5.74, 6) is 0. The van der Waals surface area contributed by atoms with Crippen LogP contribution in [0.4, 0.5) is 34.1 Å². The Balaban J connectivity index is 1.05. The van der Waals surface area contributed by atoms with Gasteiger partial charge in [-0.2, -0.15) is 0 Å². The fourth-order valence-corrected chi connectivity index (χ4v) is 9.22. The fraction of sp³-hybridized carbons (Fsp3) is 0.0566. The minimum Gasteiger partial charge on any atom is -0.455 e. The number of rotatable bonds is 6. The van der Waals surface area contributed by atoms with Gasteiger partial charge in [0.1, 0.15) is 11.2 Å². The summed E-state index contributed by atoms with van der Waals surface area (Å²) < 4.78 is 7.07. The van der Waals surface area contributed by atoms with Gasteiger partial charge in [0.2, 0.25) is 0 Å². The van der Waals surface area contributed by atoms with E-state index in [0.717, 1.165) is 66.8 Å². The summed E-state index contributed by atoms with van der Waals surface area (Å²) >= 11 is 0. The molecule has 0 saturated carbocycles. The van der Waals surface area contributed by atoms with Crippen LogP contribution in [0.1, 0.15) is 25.0 Å². The van der Waals surface area contributed by atoms with Crippen LogP contribution in [0, 0.1) is 0 Å². The highest BCUT2D eigenvalue weighted by Gasteiger charge is 2.39. The first-order valence-corrected chi connectivity index (χ1v) is 19.4. The van der Waals surface area contributed by atoms with Crippen molar-refractivity contribution >= 4 is 77.6 Å². The van der Waals surface area contributed by atoms with Crippen molar-refractivity contribution in [3.05, 3.63) is 205 Å². The second-order valence-electron chi connectivity index (χ2n) is 15.3. The molecule has 1 aliphatic rings. The third-order valence-corrected chi connectivity index (χ3v) is 11.8. The molecule has 1 aromatic heterocycles. The lowest BCUT2D eigenvalue weighted by Gasteiger charge is -2.27. The molecule has 0 spiro atoms. The number of para-hydroxylation sites is 4. The lowest BCUT2D eigenvalue weighted by Crippen LogP contribution is -2.15. The third kappa shape index (κ3) is 4.91. The van der Waals surface area contributed by atoms with Crippen molar-refractivity contribution in [2.75, 3.05) is 9.80 Å². The van der Waals surface area contributed by atoms with Crippen LogP contribution in [-0.4, -0.2) is 0 Å². The molecule has 0 N–H and O–H groups in total. The van der Waals surface area contributed by atoms with Gasteiger partial charge < -0.3 is 14.2 Å². The SMILES string of the molecule is CC1(C)c2ccc3c(oc4c5ccc(N(c6ccccc6)c6ccccc6)cc5ccc34)c2-c2ccc3cc(N(c4ccccc4)c4ccccc4)ccc3c21. The van der Waals surface area contributed by atoms with Crippen molar-refractivity contribution in [1.29, 1.82) is 0 Å². The van der Waals surface area contributed by atoms with E-state index in [1.807, 2.05) is 0 Å². The molecule has 1 heterocycles. The van der Waals surface area contributed by atoms with E-state index in [-0.39, 0.29) is 5.41 Å². The quantitative estimate of drug-likeness (QED) is 0.171. The van der Waals surface area contributed by atoms with Crippen LogP contribution < -0.4 is 9.80 Å². The van der Waals surface area contributed by atoms with Gasteiger partial charge in [-0.1, -0.05) is 123 Å². The van der Waals surface area contributed by atoms with E-state index < -0.39 is 0 Å². The maximum atomic E-state index is 7.07. The molecule has 0 bridgehead atoms. The molecule has 1 aliphatic carbocycles. The molecule has 0 saturated heterocycles. The molecule has 9 aromatic carbocycles. The maximum Gasteiger partial charge on any atom is 0.143 e. The van der Waals surface area contributed by atoms with Crippen molar-refractivity contribution in [3.8, 4) is 11.1 Å². The number of hydrogen-bond acceptors (Lipinski definition) is 3. The average molecular weight is 719 g/mol. The molecule has 56 heavy (non-hydrogen) atoms. The number of furan rings is 1. The summed E-state index contributed by atoms with van der Waals surface area (Å²) in [5.41, 5.74) is 13.5. The summed E-state index contributed by atoms with van der Waals surface area (Å²) in [6, 6.07) is 69.7. The molecular formula is C53H38N2O. The molecule has 3 nitrogen and oxygen atoms in total. The predicted molar refractivity (Wildman–Crippen MR) is 236 cm³/mol. The van der Waals surface area contributed by atoms with Crippen LogP contribution in [-0.2, 0) is 5.41 Å². The van der Waals surface area contributed by atoms with Gasteiger partial charge >= 0.3 is 0 Å². The summed E-state index contributed by atoms with van der Waals surface area (Å²) in [6.45, 7) is 4.73. The van der Waals surface area contributed by atoms with Gasteiger partial charge in [0.15, 0.2) is 0 Å². The Labute approximate surface area is 326 Å². The van der Waals surface area contributed by atoms with Crippen LogP contribution in [0.5, 0.6) is 0 Å². The molecule has 3 heteroatoms. The largest absolute Gasteiger partial charge is 0.455 e. The molecule has 0 unspecified atom stereocenters. The molecule has 0 aliphatic heterocycles. The predicted octanol–water partition coefficient (Wildman–Crippen LogP) is 15.1. The van der Waals surface area contributed by atoms with Crippen LogP contribution in [0.15, 0.2) is 199 Å². The zero-order valence-electron chi connectivity index (χ0n) is 31.3. The van der Waals surface area contributed by atoms with E-state index in [4.69, 9.17) is 4.42 Å². The number of benzene rings is 9. The molecular weight excluding hydrogens is 681 g/mol. The van der Waals surface area contributed by atoms with Crippen molar-refractivity contribution in [3.63, 3.8) is 0 Å². The van der Waals surface area contributed by atoms with Crippen LogP contribution in [0.3, 0.4) is 0 Å². The van der Waals surface area contributed by atoms with E-state index in [9.17, 15) is 0 Å². The van der Waals surface area contributed by atoms with Crippen molar-refractivity contribution in [2.24, 2.45) is 0 Å². The molecule has 10 aromatic rings. The molecule has 0 radical (unpaired) electrons. The number of hydrogen-bond donors (Lipinski definition) is 0. The van der Waals surface area contributed by atoms with Crippen LogP contribution in [0.25, 0.3) is 54.6 Å². The smallest absolute Gasteiger partial charge is 0.143 e. The lowest BCUT2D eigenvalue weighted by molar-refractivity contribution is 0.658. The van der Waals surface area contributed by atoms with Crippen LogP contribution in [0.2, 0.25) is 0 Å². The Hall–Kier alpha value is -7.10. The van der Waals surface area contributed by atoms with Crippen molar-refractivity contribution in [1.82, 2.24) is 0 Å². The van der Waals surface area contributed by atoms with Gasteiger partial charge in [0.25, 0.3) is 0 Å². The zero-order valence-corrected chi connectivity index (χ0v) is 31.3. The second-order valence-corrected chi connectivity index (χ2v) is 15.3.